The van der Waals surface area contributed by atoms with Crippen LogP contribution in [0.2, 0.25) is 0 Å². The molecule has 0 aromatic rings. The van der Waals surface area contributed by atoms with Crippen molar-refractivity contribution in [2.75, 3.05) is 0 Å². The van der Waals surface area contributed by atoms with Crippen LogP contribution in [-0.2, 0) is 14.4 Å². The Morgan fingerprint density at radius 3 is 2.46 bits per heavy atom. The molecule has 5 heteroatoms. The molecule has 2 aliphatic rings. The molecule has 1 fully saturated rings. The molecular formula is C19H26N2O3. The standard InChI is InChI=1S/C19H26N2O3/c1-7-13(11(2)3)10-15-12(4)19(5,6)18(24)21(15)14-8-9-16(22)20-17(14)23/h7,10-11,14H,1,8-9H2,2-6H3,(H,20,22,23)/b13-10+. The molecule has 2 aliphatic heterocycles. The second-order valence-electron chi connectivity index (χ2n) is 7.28. The molecular weight excluding hydrogens is 304 g/mol. The number of carbonyl (C=O) groups excluding carboxylic acids is 3. The summed E-state index contributed by atoms with van der Waals surface area (Å²) in [4.78, 5) is 38.3. The number of nitrogens with one attached hydrogen (secondary N) is 1. The molecule has 1 saturated heterocycles. The average molecular weight is 330 g/mol. The van der Waals surface area contributed by atoms with Gasteiger partial charge in [0.1, 0.15) is 6.04 Å². The lowest BCUT2D eigenvalue weighted by Crippen LogP contribution is -2.53. The van der Waals surface area contributed by atoms with Crippen LogP contribution in [0.15, 0.2) is 35.6 Å². The van der Waals surface area contributed by atoms with Crippen LogP contribution in [0.25, 0.3) is 0 Å². The SMILES string of the molecule is C=C/C(=C\C1=C(C)C(C)(C)C(=O)N1C1CCC(=O)NC1=O)C(C)C. The Bertz CT molecular complexity index is 668. The van der Waals surface area contributed by atoms with Crippen LogP contribution in [0, 0.1) is 11.3 Å². The van der Waals surface area contributed by atoms with Gasteiger partial charge in [0.05, 0.1) is 5.41 Å². The summed E-state index contributed by atoms with van der Waals surface area (Å²) in [5.74, 6) is -0.534. The predicted octanol–water partition coefficient (Wildman–Crippen LogP) is 2.70. The molecule has 130 valence electrons. The van der Waals surface area contributed by atoms with E-state index in [-0.39, 0.29) is 24.2 Å². The van der Waals surface area contributed by atoms with Crippen LogP contribution in [0.1, 0.15) is 47.5 Å². The third-order valence-corrected chi connectivity index (χ3v) is 5.06. The Kier molecular flexibility index (Phi) is 4.83. The van der Waals surface area contributed by atoms with E-state index in [0.29, 0.717) is 6.42 Å². The van der Waals surface area contributed by atoms with E-state index in [2.05, 4.69) is 25.7 Å². The van der Waals surface area contributed by atoms with Gasteiger partial charge in [-0.05, 0) is 50.3 Å². The number of imide groups is 1. The second-order valence-corrected chi connectivity index (χ2v) is 7.28. The molecule has 1 unspecified atom stereocenters. The smallest absolute Gasteiger partial charge is 0.249 e. The summed E-state index contributed by atoms with van der Waals surface area (Å²) in [6.45, 7) is 13.6. The molecule has 1 N–H and O–H groups in total. The number of hydrogen-bond donors (Lipinski definition) is 1. The largest absolute Gasteiger partial charge is 0.299 e. The quantitative estimate of drug-likeness (QED) is 0.636. The minimum absolute atomic E-state index is 0.104. The first kappa shape index (κ1) is 18.2. The van der Waals surface area contributed by atoms with Crippen LogP contribution >= 0.6 is 0 Å². The van der Waals surface area contributed by atoms with Crippen molar-refractivity contribution in [3.8, 4) is 0 Å². The summed E-state index contributed by atoms with van der Waals surface area (Å²) in [6, 6.07) is -0.642. The molecule has 0 aliphatic carbocycles. The topological polar surface area (TPSA) is 66.5 Å². The number of amides is 3. The molecule has 0 spiro atoms. The maximum absolute atomic E-state index is 13.0. The van der Waals surface area contributed by atoms with Gasteiger partial charge in [0.2, 0.25) is 17.7 Å². The molecule has 0 bridgehead atoms. The van der Waals surface area contributed by atoms with E-state index in [0.717, 1.165) is 16.8 Å². The lowest BCUT2D eigenvalue weighted by molar-refractivity contribution is -0.145. The van der Waals surface area contributed by atoms with Crippen molar-refractivity contribution in [2.24, 2.45) is 11.3 Å². The van der Waals surface area contributed by atoms with Gasteiger partial charge in [-0.2, -0.15) is 0 Å². The van der Waals surface area contributed by atoms with Crippen molar-refractivity contribution in [2.45, 2.75) is 53.5 Å². The van der Waals surface area contributed by atoms with Crippen LogP contribution < -0.4 is 5.32 Å². The zero-order valence-corrected chi connectivity index (χ0v) is 15.1. The lowest BCUT2D eigenvalue weighted by atomic mass is 9.86. The first-order valence-corrected chi connectivity index (χ1v) is 8.34. The van der Waals surface area contributed by atoms with Gasteiger partial charge in [-0.1, -0.05) is 26.5 Å². The van der Waals surface area contributed by atoms with Crippen molar-refractivity contribution in [1.29, 1.82) is 0 Å². The molecule has 2 heterocycles. The van der Waals surface area contributed by atoms with Gasteiger partial charge in [-0.25, -0.2) is 0 Å². The van der Waals surface area contributed by atoms with Gasteiger partial charge in [-0.15, -0.1) is 0 Å². The number of nitrogens with zero attached hydrogens (tertiary/aromatic N) is 1. The van der Waals surface area contributed by atoms with Gasteiger partial charge in [0.25, 0.3) is 0 Å². The van der Waals surface area contributed by atoms with E-state index >= 15 is 0 Å². The summed E-state index contributed by atoms with van der Waals surface area (Å²) in [5, 5.41) is 2.34. The van der Waals surface area contributed by atoms with Gasteiger partial charge in [0, 0.05) is 12.1 Å². The second kappa shape index (κ2) is 6.38. The van der Waals surface area contributed by atoms with Crippen molar-refractivity contribution < 1.29 is 14.4 Å². The Balaban J connectivity index is 2.52. The van der Waals surface area contributed by atoms with Gasteiger partial charge in [0.15, 0.2) is 0 Å². The van der Waals surface area contributed by atoms with Crippen LogP contribution in [0.4, 0.5) is 0 Å². The van der Waals surface area contributed by atoms with E-state index in [9.17, 15) is 14.4 Å². The van der Waals surface area contributed by atoms with Crippen LogP contribution in [-0.4, -0.2) is 28.7 Å². The Hall–Kier alpha value is -2.17. The molecule has 0 saturated carbocycles. The zero-order valence-electron chi connectivity index (χ0n) is 15.1. The van der Waals surface area contributed by atoms with Crippen molar-refractivity contribution in [3.63, 3.8) is 0 Å². The molecule has 3 amide bonds. The molecule has 0 aromatic heterocycles. The molecule has 2 rings (SSSR count). The van der Waals surface area contributed by atoms with Crippen molar-refractivity contribution in [1.82, 2.24) is 10.2 Å². The fraction of sp³-hybridized carbons (Fsp3) is 0.526. The number of hydrogen-bond acceptors (Lipinski definition) is 3. The molecule has 1 atom stereocenters. The van der Waals surface area contributed by atoms with Gasteiger partial charge >= 0.3 is 0 Å². The molecule has 5 nitrogen and oxygen atoms in total. The number of rotatable bonds is 4. The molecule has 24 heavy (non-hydrogen) atoms. The number of piperidine rings is 1. The Labute approximate surface area is 143 Å². The van der Waals surface area contributed by atoms with Crippen LogP contribution in [0.3, 0.4) is 0 Å². The molecule has 0 aromatic carbocycles. The number of allylic oxidation sites excluding steroid dienone is 3. The van der Waals surface area contributed by atoms with E-state index in [1.165, 1.54) is 0 Å². The fourth-order valence-electron chi connectivity index (χ4n) is 3.11. The van der Waals surface area contributed by atoms with Crippen LogP contribution in [0.5, 0.6) is 0 Å². The first-order valence-electron chi connectivity index (χ1n) is 8.34. The predicted molar refractivity (Wildman–Crippen MR) is 92.6 cm³/mol. The maximum atomic E-state index is 13.0. The summed E-state index contributed by atoms with van der Waals surface area (Å²) < 4.78 is 0. The number of carbonyl (C=O) groups is 3. The highest BCUT2D eigenvalue weighted by atomic mass is 16.2. The Morgan fingerprint density at radius 1 is 1.33 bits per heavy atom. The lowest BCUT2D eigenvalue weighted by Gasteiger charge is -2.32. The first-order chi connectivity index (χ1) is 11.1. The summed E-state index contributed by atoms with van der Waals surface area (Å²) in [7, 11) is 0. The highest BCUT2D eigenvalue weighted by molar-refractivity contribution is 6.03. The van der Waals surface area contributed by atoms with Crippen molar-refractivity contribution in [3.05, 3.63) is 35.6 Å². The zero-order chi connectivity index (χ0) is 18.2. The summed E-state index contributed by atoms with van der Waals surface area (Å²) in [6.07, 6.45) is 4.32. The normalized spacial score (nSPS) is 24.8. The van der Waals surface area contributed by atoms with Crippen molar-refractivity contribution >= 4 is 17.7 Å². The average Bonchev–Trinajstić information content (AvgIpc) is 2.65. The monoisotopic (exact) mass is 330 g/mol. The summed E-state index contributed by atoms with van der Waals surface area (Å²) in [5.41, 5.74) is 2.02. The third kappa shape index (κ3) is 2.95. The van der Waals surface area contributed by atoms with Gasteiger partial charge < -0.3 is 0 Å². The minimum Gasteiger partial charge on any atom is -0.299 e. The van der Waals surface area contributed by atoms with E-state index < -0.39 is 17.4 Å². The van der Waals surface area contributed by atoms with Gasteiger partial charge in [-0.3, -0.25) is 24.6 Å². The Morgan fingerprint density at radius 2 is 1.96 bits per heavy atom. The third-order valence-electron chi connectivity index (χ3n) is 5.06. The summed E-state index contributed by atoms with van der Waals surface area (Å²) >= 11 is 0. The van der Waals surface area contributed by atoms with E-state index in [1.807, 2.05) is 26.8 Å². The molecule has 0 radical (unpaired) electrons. The minimum atomic E-state index is -0.670. The fourth-order valence-corrected chi connectivity index (χ4v) is 3.11. The van der Waals surface area contributed by atoms with E-state index in [4.69, 9.17) is 0 Å². The maximum Gasteiger partial charge on any atom is 0.249 e. The highest BCUT2D eigenvalue weighted by Gasteiger charge is 2.48. The highest BCUT2D eigenvalue weighted by Crippen LogP contribution is 2.42. The van der Waals surface area contributed by atoms with E-state index in [1.54, 1.807) is 11.0 Å².